The van der Waals surface area contributed by atoms with Crippen molar-refractivity contribution in [3.8, 4) is 0 Å². The fourth-order valence-corrected chi connectivity index (χ4v) is 5.61. The van der Waals surface area contributed by atoms with E-state index >= 15 is 0 Å². The highest BCUT2D eigenvalue weighted by molar-refractivity contribution is 6.29. The monoisotopic (exact) mass is 569 g/mol. The van der Waals surface area contributed by atoms with Crippen molar-refractivity contribution in [3.05, 3.63) is 0 Å². The molecule has 0 aromatic carbocycles. The summed E-state index contributed by atoms with van der Waals surface area (Å²) in [6, 6.07) is -2.75. The number of rotatable bonds is 8. The summed E-state index contributed by atoms with van der Waals surface area (Å²) in [6.45, 7) is 7.08. The smallest absolute Gasteiger partial charge is 0.356 e. The molecule has 38 heavy (non-hydrogen) atoms. The quantitative estimate of drug-likeness (QED) is 0.229. The number of halogens is 5. The summed E-state index contributed by atoms with van der Waals surface area (Å²) in [6.07, 6.45) is -4.99. The van der Waals surface area contributed by atoms with Crippen molar-refractivity contribution in [3.63, 3.8) is 0 Å². The Morgan fingerprint density at radius 3 is 2.37 bits per heavy atom. The van der Waals surface area contributed by atoms with E-state index < -0.39 is 64.8 Å². The van der Waals surface area contributed by atoms with Crippen molar-refractivity contribution >= 4 is 41.1 Å². The van der Waals surface area contributed by atoms with E-state index in [-0.39, 0.29) is 37.3 Å². The van der Waals surface area contributed by atoms with E-state index in [0.717, 1.165) is 4.90 Å². The average molecular weight is 570 g/mol. The highest BCUT2D eigenvalue weighted by atomic mass is 35.5. The fourth-order valence-electron chi connectivity index (χ4n) is 5.49. The van der Waals surface area contributed by atoms with Gasteiger partial charge < -0.3 is 15.5 Å². The summed E-state index contributed by atoms with van der Waals surface area (Å²) in [5, 5.41) is 4.92. The number of alkyl halides is 5. The topological polar surface area (TPSA) is 128 Å². The number of likely N-dealkylation sites (tertiary alicyclic amines) is 1. The number of hydrogen-bond donors (Lipinski definition) is 3. The van der Waals surface area contributed by atoms with Crippen LogP contribution in [0.3, 0.4) is 0 Å². The van der Waals surface area contributed by atoms with Crippen LogP contribution in [0.5, 0.6) is 0 Å². The van der Waals surface area contributed by atoms with E-state index in [0.29, 0.717) is 18.0 Å². The maximum atomic E-state index is 13.7. The number of nitrogens with zero attached hydrogens (tertiary/aromatic N) is 2. The van der Waals surface area contributed by atoms with Crippen LogP contribution in [0.2, 0.25) is 0 Å². The van der Waals surface area contributed by atoms with E-state index in [4.69, 9.17) is 11.6 Å². The molecule has 3 rings (SSSR count). The Morgan fingerprint density at radius 2 is 1.87 bits per heavy atom. The third kappa shape index (κ3) is 6.15. The SMILES string of the molecule is CC(C)CC(NC(=O)C(F)(F)F)C(=O)N1C[C@H]2[C@@H]([C@H]1C(=O)NN(C[C@@H]1CCNC1=O)C(=O)C(F)Cl)C2(C)C. The Bertz CT molecular complexity index is 992. The first-order valence-corrected chi connectivity index (χ1v) is 12.8. The molecule has 3 aliphatic rings. The second-order valence-corrected chi connectivity index (χ2v) is 11.4. The van der Waals surface area contributed by atoms with Gasteiger partial charge >= 0.3 is 12.1 Å². The molecule has 1 aliphatic carbocycles. The lowest BCUT2D eigenvalue weighted by molar-refractivity contribution is -0.175. The van der Waals surface area contributed by atoms with E-state index in [1.807, 2.05) is 13.8 Å². The molecule has 2 heterocycles. The van der Waals surface area contributed by atoms with Crippen LogP contribution < -0.4 is 16.1 Å². The Labute approximate surface area is 222 Å². The van der Waals surface area contributed by atoms with E-state index in [2.05, 4.69) is 10.7 Å². The van der Waals surface area contributed by atoms with Crippen LogP contribution in [0.1, 0.15) is 40.5 Å². The lowest BCUT2D eigenvalue weighted by atomic mass is 9.97. The van der Waals surface area contributed by atoms with Crippen LogP contribution in [0.4, 0.5) is 17.6 Å². The molecule has 0 spiro atoms. The molecule has 15 heteroatoms. The van der Waals surface area contributed by atoms with Crippen molar-refractivity contribution in [2.75, 3.05) is 19.6 Å². The molecule has 2 aliphatic heterocycles. The van der Waals surface area contributed by atoms with Gasteiger partial charge in [0.2, 0.25) is 11.8 Å². The van der Waals surface area contributed by atoms with Gasteiger partial charge in [-0.1, -0.05) is 39.3 Å². The maximum absolute atomic E-state index is 13.7. The summed E-state index contributed by atoms with van der Waals surface area (Å²) >= 11 is 5.32. The number of carbonyl (C=O) groups excluding carboxylic acids is 5. The first-order chi connectivity index (χ1) is 17.5. The summed E-state index contributed by atoms with van der Waals surface area (Å²) < 4.78 is 52.5. The van der Waals surface area contributed by atoms with E-state index in [1.54, 1.807) is 19.2 Å². The summed E-state index contributed by atoms with van der Waals surface area (Å²) in [7, 11) is 0. The van der Waals surface area contributed by atoms with Crippen LogP contribution in [-0.4, -0.2) is 83.0 Å². The second-order valence-electron chi connectivity index (χ2n) is 11.0. The maximum Gasteiger partial charge on any atom is 0.471 e. The van der Waals surface area contributed by atoms with Gasteiger partial charge in [0.15, 0.2) is 0 Å². The molecular formula is C23H32ClF4N5O5. The van der Waals surface area contributed by atoms with Crippen molar-refractivity contribution in [2.24, 2.45) is 29.1 Å². The first-order valence-electron chi connectivity index (χ1n) is 12.3. The van der Waals surface area contributed by atoms with Crippen LogP contribution in [-0.2, 0) is 24.0 Å². The lowest BCUT2D eigenvalue weighted by Crippen LogP contribution is -2.60. The van der Waals surface area contributed by atoms with Gasteiger partial charge in [-0.15, -0.1) is 0 Å². The zero-order chi connectivity index (χ0) is 28.7. The van der Waals surface area contributed by atoms with Crippen molar-refractivity contribution in [2.45, 2.75) is 64.4 Å². The molecule has 1 saturated carbocycles. The lowest BCUT2D eigenvalue weighted by Gasteiger charge is -2.35. The minimum absolute atomic E-state index is 0.0469. The predicted molar refractivity (Wildman–Crippen MR) is 125 cm³/mol. The molecule has 6 atom stereocenters. The molecule has 0 bridgehead atoms. The summed E-state index contributed by atoms with van der Waals surface area (Å²) in [5.74, 6) is -7.26. The van der Waals surface area contributed by atoms with E-state index in [1.165, 1.54) is 0 Å². The largest absolute Gasteiger partial charge is 0.471 e. The fraction of sp³-hybridized carbons (Fsp3) is 0.783. The Morgan fingerprint density at radius 1 is 1.24 bits per heavy atom. The summed E-state index contributed by atoms with van der Waals surface area (Å²) in [4.78, 5) is 64.0. The molecule has 3 N–H and O–H groups in total. The van der Waals surface area contributed by atoms with Crippen LogP contribution in [0.25, 0.3) is 0 Å². The van der Waals surface area contributed by atoms with Crippen LogP contribution >= 0.6 is 11.6 Å². The molecule has 10 nitrogen and oxygen atoms in total. The van der Waals surface area contributed by atoms with Gasteiger partial charge in [0, 0.05) is 13.1 Å². The van der Waals surface area contributed by atoms with Gasteiger partial charge in [-0.05, 0) is 36.0 Å². The predicted octanol–water partition coefficient (Wildman–Crippen LogP) is 1.09. The molecule has 3 fully saturated rings. The molecule has 0 aromatic rings. The van der Waals surface area contributed by atoms with E-state index in [9.17, 15) is 41.5 Å². The molecule has 0 aromatic heterocycles. The minimum Gasteiger partial charge on any atom is -0.356 e. The molecule has 5 amide bonds. The van der Waals surface area contributed by atoms with Crippen LogP contribution in [0.15, 0.2) is 0 Å². The number of hydrogen-bond acceptors (Lipinski definition) is 5. The van der Waals surface area contributed by atoms with Gasteiger partial charge in [-0.3, -0.25) is 29.4 Å². The molecule has 2 saturated heterocycles. The van der Waals surface area contributed by atoms with Gasteiger partial charge in [-0.25, -0.2) is 9.40 Å². The Kier molecular flexibility index (Phi) is 8.54. The second kappa shape index (κ2) is 10.9. The normalized spacial score (nSPS) is 27.3. The van der Waals surface area contributed by atoms with Crippen molar-refractivity contribution in [1.29, 1.82) is 0 Å². The number of amides is 5. The summed E-state index contributed by atoms with van der Waals surface area (Å²) in [5.41, 5.74) is -0.616. The minimum atomic E-state index is -5.21. The zero-order valence-corrected chi connectivity index (χ0v) is 22.2. The third-order valence-corrected chi connectivity index (χ3v) is 7.78. The van der Waals surface area contributed by atoms with Crippen molar-refractivity contribution < 1.29 is 41.5 Å². The number of nitrogens with one attached hydrogen (secondary N) is 3. The number of piperidine rings is 1. The third-order valence-electron chi connectivity index (χ3n) is 7.59. The molecule has 2 unspecified atom stereocenters. The highest BCUT2D eigenvalue weighted by Gasteiger charge is 2.69. The van der Waals surface area contributed by atoms with Gasteiger partial charge in [0.25, 0.3) is 17.4 Å². The standard InChI is InChI=1S/C23H32ClF4N5O5/c1-10(2)7-13(30-21(38)23(26,27)28)19(36)32-9-12-14(22(12,3)4)15(32)18(35)31-33(20(37)16(24)25)8-11-5-6-29-17(11)34/h10-16H,5-9H2,1-4H3,(H,29,34)(H,30,38)(H,31,35)/t11-,12-,13?,14-,15-,16?/m0/s1. The Balaban J connectivity index is 1.84. The molecule has 0 radical (unpaired) electrons. The van der Waals surface area contributed by atoms with Crippen molar-refractivity contribution in [1.82, 2.24) is 26.0 Å². The molecule has 214 valence electrons. The molecular weight excluding hydrogens is 538 g/mol. The average Bonchev–Trinajstić information content (AvgIpc) is 3.16. The first kappa shape index (κ1) is 29.9. The number of hydrazine groups is 1. The van der Waals surface area contributed by atoms with Gasteiger partial charge in [0.1, 0.15) is 12.1 Å². The zero-order valence-electron chi connectivity index (χ0n) is 21.4. The van der Waals surface area contributed by atoms with Crippen LogP contribution in [0, 0.1) is 29.1 Å². The van der Waals surface area contributed by atoms with Gasteiger partial charge in [-0.2, -0.15) is 13.2 Å². The number of carbonyl (C=O) groups is 5. The number of fused-ring (bicyclic) bond motifs is 1. The highest BCUT2D eigenvalue weighted by Crippen LogP contribution is 2.65. The van der Waals surface area contributed by atoms with Gasteiger partial charge in [0.05, 0.1) is 12.5 Å². The Hall–Kier alpha value is -2.64.